The maximum absolute atomic E-state index is 5.89. The van der Waals surface area contributed by atoms with Gasteiger partial charge in [0, 0.05) is 0 Å². The third-order valence-corrected chi connectivity index (χ3v) is 28.7. The molecule has 2 aliphatic rings. The zero-order valence-corrected chi connectivity index (χ0v) is 40.5. The molecule has 0 aromatic heterocycles. The molecule has 0 N–H and O–H groups in total. The quantitative estimate of drug-likeness (QED) is 0.168. The molecule has 0 fully saturated rings. The first kappa shape index (κ1) is 43.4. The van der Waals surface area contributed by atoms with Crippen molar-refractivity contribution < 1.29 is 18.3 Å². The molecule has 0 atom stereocenters. The molecule has 4 aromatic rings. The molecule has 0 saturated carbocycles. The summed E-state index contributed by atoms with van der Waals surface area (Å²) in [5, 5.41) is 0. The Morgan fingerprint density at radius 2 is 1.08 bits per heavy atom. The van der Waals surface area contributed by atoms with E-state index in [0.717, 1.165) is 21.8 Å². The number of benzene rings is 4. The molecule has 0 aliphatic heterocycles. The minimum atomic E-state index is -5.10. The van der Waals surface area contributed by atoms with Gasteiger partial charge in [0.2, 0.25) is 0 Å². The molecule has 278 valence electrons. The van der Waals surface area contributed by atoms with Gasteiger partial charge < -0.3 is 0 Å². The third-order valence-electron chi connectivity index (χ3n) is 11.5. The number of fused-ring (bicyclic) bond motifs is 3. The molecule has 52 heavy (non-hydrogen) atoms. The minimum absolute atomic E-state index is 0. The zero-order valence-electron chi connectivity index (χ0n) is 33.3. The Morgan fingerprint density at radius 1 is 0.596 bits per heavy atom. The van der Waals surface area contributed by atoms with Crippen molar-refractivity contribution in [2.24, 2.45) is 0 Å². The second-order valence-corrected chi connectivity index (χ2v) is 33.9. The van der Waals surface area contributed by atoms with Crippen molar-refractivity contribution in [3.63, 3.8) is 0 Å². The van der Waals surface area contributed by atoms with Crippen LogP contribution in [0.25, 0.3) is 11.1 Å². The van der Waals surface area contributed by atoms with Crippen molar-refractivity contribution in [3.8, 4) is 11.1 Å². The molecular weight excluding hydrogens is 886 g/mol. The van der Waals surface area contributed by atoms with Gasteiger partial charge in [-0.1, -0.05) is 0 Å². The van der Waals surface area contributed by atoms with E-state index < -0.39 is 18.3 Å². The number of hydrogen-bond donors (Lipinski definition) is 0. The van der Waals surface area contributed by atoms with Crippen LogP contribution in [-0.2, 0) is 46.4 Å². The van der Waals surface area contributed by atoms with Crippen molar-refractivity contribution in [2.45, 2.75) is 118 Å². The van der Waals surface area contributed by atoms with Gasteiger partial charge >= 0.3 is 323 Å². The monoisotopic (exact) mass is 940 g/mol. The van der Waals surface area contributed by atoms with Gasteiger partial charge in [-0.3, -0.25) is 0 Å². The van der Waals surface area contributed by atoms with Crippen LogP contribution in [0.4, 0.5) is 0 Å². The molecular formula is C47H58Br2Cl2Zr. The summed E-state index contributed by atoms with van der Waals surface area (Å²) in [5.41, 5.74) is 11.5. The van der Waals surface area contributed by atoms with E-state index in [1.54, 1.807) is 3.27 Å². The summed E-state index contributed by atoms with van der Waals surface area (Å²) < 4.78 is 13.9. The molecule has 0 radical (unpaired) electrons. The summed E-state index contributed by atoms with van der Waals surface area (Å²) in [6.07, 6.45) is 8.92. The van der Waals surface area contributed by atoms with Gasteiger partial charge in [0.1, 0.15) is 0 Å². The first-order valence-electron chi connectivity index (χ1n) is 18.3. The summed E-state index contributed by atoms with van der Waals surface area (Å²) in [6.45, 7) is 28.8. The number of rotatable bonds is 4. The summed E-state index contributed by atoms with van der Waals surface area (Å²) in [6, 6.07) is 26.2. The zero-order chi connectivity index (χ0) is 36.8. The Balaban J connectivity index is 0.00000302. The summed E-state index contributed by atoms with van der Waals surface area (Å²) in [5.74, 6) is 0. The average Bonchev–Trinajstić information content (AvgIpc) is 3.66. The Labute approximate surface area is 345 Å². The van der Waals surface area contributed by atoms with Gasteiger partial charge in [0.15, 0.2) is 0 Å². The van der Waals surface area contributed by atoms with Crippen molar-refractivity contribution in [2.75, 3.05) is 0 Å². The van der Waals surface area contributed by atoms with Crippen LogP contribution in [0, 0.1) is 0 Å². The van der Waals surface area contributed by atoms with E-state index in [-0.39, 0.29) is 46.5 Å². The Bertz CT molecular complexity index is 2120. The number of halogens is 4. The van der Waals surface area contributed by atoms with E-state index in [2.05, 4.69) is 200 Å². The van der Waals surface area contributed by atoms with Gasteiger partial charge in [-0.15, -0.1) is 24.8 Å². The number of allylic oxidation sites excluding steroid dienone is 4. The van der Waals surface area contributed by atoms with Crippen molar-refractivity contribution in [1.29, 1.82) is 0 Å². The van der Waals surface area contributed by atoms with E-state index >= 15 is 0 Å². The average molecular weight is 945 g/mol. The second-order valence-electron chi connectivity index (χ2n) is 19.2. The predicted molar refractivity (Wildman–Crippen MR) is 240 cm³/mol. The normalized spacial score (nSPS) is 14.7. The van der Waals surface area contributed by atoms with Crippen LogP contribution in [-0.4, -0.2) is 4.21 Å². The van der Waals surface area contributed by atoms with E-state index in [0.29, 0.717) is 0 Å². The fraction of sp³-hybridized carbons (Fsp3) is 0.383. The van der Waals surface area contributed by atoms with Crippen LogP contribution in [0.1, 0.15) is 123 Å². The Morgan fingerprint density at radius 3 is 1.50 bits per heavy atom. The fourth-order valence-electron chi connectivity index (χ4n) is 9.11. The maximum atomic E-state index is 5.89. The molecule has 0 nitrogen and oxygen atoms in total. The second kappa shape index (κ2) is 14.3. The van der Waals surface area contributed by atoms with Gasteiger partial charge in [-0.05, 0) is 0 Å². The molecule has 0 unspecified atom stereocenters. The molecule has 0 spiro atoms. The van der Waals surface area contributed by atoms with E-state index in [9.17, 15) is 0 Å². The van der Waals surface area contributed by atoms with Gasteiger partial charge in [0.25, 0.3) is 0 Å². The molecule has 2 aliphatic carbocycles. The van der Waals surface area contributed by atoms with Gasteiger partial charge in [-0.25, -0.2) is 0 Å². The van der Waals surface area contributed by atoms with Crippen LogP contribution in [0.5, 0.6) is 0 Å². The molecule has 0 heterocycles. The van der Waals surface area contributed by atoms with Crippen LogP contribution < -0.4 is 9.81 Å². The first-order valence-corrected chi connectivity index (χ1v) is 26.5. The summed E-state index contributed by atoms with van der Waals surface area (Å²) >= 11 is 2.81. The Hall–Kier alpha value is -1.35. The molecule has 5 heteroatoms. The van der Waals surface area contributed by atoms with Crippen LogP contribution in [0.3, 0.4) is 0 Å². The van der Waals surface area contributed by atoms with Crippen LogP contribution in [0.2, 0.25) is 0 Å². The summed E-state index contributed by atoms with van der Waals surface area (Å²) in [4.78, 5) is 0. The third kappa shape index (κ3) is 7.00. The molecule has 0 bridgehead atoms. The molecule has 6 rings (SSSR count). The topological polar surface area (TPSA) is 0 Å². The molecule has 4 aromatic carbocycles. The standard InChI is InChI=1S/C29H41.2C6H4Br.C5H5.CH2.2ClH.Zr/c1-26(2,3)22-14-18-13-19-15-23(27(4,5)6)25(29(10,11)12)17-21(19)20(18)16-24(22)28(7,8)9;2*7-6-4-2-1-3-5-6;1-2-4-5-3-1;;;;/h14,16-17H,13H2,1-12H3;2*1-2,4-5H;1-3H,4H2;1H2;2*1H;. The van der Waals surface area contributed by atoms with Crippen LogP contribution >= 0.6 is 56.7 Å². The number of hydrogen-bond acceptors (Lipinski definition) is 0. The van der Waals surface area contributed by atoms with Crippen molar-refractivity contribution >= 4 is 70.7 Å². The van der Waals surface area contributed by atoms with E-state index in [1.165, 1.54) is 54.3 Å². The Kier molecular flexibility index (Phi) is 11.9. The summed E-state index contributed by atoms with van der Waals surface area (Å²) in [7, 11) is 0. The van der Waals surface area contributed by atoms with E-state index in [1.807, 2.05) is 0 Å². The van der Waals surface area contributed by atoms with Crippen LogP contribution in [0.15, 0.2) is 97.2 Å². The van der Waals surface area contributed by atoms with Crippen molar-refractivity contribution in [1.82, 2.24) is 0 Å². The first-order chi connectivity index (χ1) is 23.0. The fourth-order valence-corrected chi connectivity index (χ4v) is 27.7. The van der Waals surface area contributed by atoms with Gasteiger partial charge in [0.05, 0.1) is 0 Å². The SMILES string of the molecule is Cl.Cl.[CH2]=[Zr]([C]1=CC=CC1)([c]1cccc(Br)c1)([c]1cccc(Br)c1)[c]1c2c(cc(C(C)(C)C)c1C(C)(C)C)-c1cc(C(C)(C)C)c(C(C)(C)C)cc1C2. The molecule has 0 saturated heterocycles. The predicted octanol–water partition coefficient (Wildman–Crippen LogP) is 13.1. The molecule has 0 amide bonds. The van der Waals surface area contributed by atoms with Gasteiger partial charge in [-0.2, -0.15) is 0 Å². The van der Waals surface area contributed by atoms with Crippen molar-refractivity contribution in [3.05, 3.63) is 131 Å². The van der Waals surface area contributed by atoms with E-state index in [4.69, 9.17) is 4.21 Å².